The first-order valence-electron chi connectivity index (χ1n) is 9.65. The molecule has 0 N–H and O–H groups in total. The molecule has 0 aromatic heterocycles. The zero-order valence-electron chi connectivity index (χ0n) is 16.6. The van der Waals surface area contributed by atoms with E-state index in [2.05, 4.69) is 5.10 Å². The van der Waals surface area contributed by atoms with Gasteiger partial charge in [0, 0.05) is 25.9 Å². The molecule has 30 heavy (non-hydrogen) atoms. The van der Waals surface area contributed by atoms with Crippen molar-refractivity contribution in [2.45, 2.75) is 32.1 Å². The van der Waals surface area contributed by atoms with Gasteiger partial charge in [-0.3, -0.25) is 14.4 Å². The van der Waals surface area contributed by atoms with E-state index in [-0.39, 0.29) is 44.7 Å². The molecule has 0 fully saturated rings. The maximum absolute atomic E-state index is 12.3. The van der Waals surface area contributed by atoms with E-state index in [1.165, 1.54) is 9.91 Å². The van der Waals surface area contributed by atoms with Gasteiger partial charge in [0.15, 0.2) is 6.61 Å². The van der Waals surface area contributed by atoms with Crippen molar-refractivity contribution in [1.82, 2.24) is 9.91 Å². The van der Waals surface area contributed by atoms with E-state index in [1.807, 2.05) is 42.5 Å². The highest BCUT2D eigenvalue weighted by Gasteiger charge is 2.22. The molecule has 9 heteroatoms. The smallest absolute Gasteiger partial charge is 0.306 e. The first kappa shape index (κ1) is 22.6. The van der Waals surface area contributed by atoms with Crippen LogP contribution in [0.3, 0.4) is 0 Å². The van der Waals surface area contributed by atoms with Crippen LogP contribution in [0.2, 0.25) is 0 Å². The summed E-state index contributed by atoms with van der Waals surface area (Å²) in [5.41, 5.74) is 1.79. The molecule has 1 aromatic carbocycles. The zero-order valence-corrected chi connectivity index (χ0v) is 16.6. The summed E-state index contributed by atoms with van der Waals surface area (Å²) in [5, 5.41) is 23.0. The van der Waals surface area contributed by atoms with Gasteiger partial charge in [-0.25, -0.2) is 5.01 Å². The first-order chi connectivity index (χ1) is 14.5. The summed E-state index contributed by atoms with van der Waals surface area (Å²) in [5.74, 6) is -1.42. The molecule has 2 rings (SSSR count). The first-order valence-corrected chi connectivity index (χ1v) is 9.65. The Hall–Kier alpha value is -3.72. The van der Waals surface area contributed by atoms with Crippen LogP contribution in [0, 0.1) is 22.7 Å². The third kappa shape index (κ3) is 7.02. The second-order valence-electron chi connectivity index (χ2n) is 6.54. The largest absolute Gasteiger partial charge is 0.456 e. The van der Waals surface area contributed by atoms with Gasteiger partial charge >= 0.3 is 5.97 Å². The second kappa shape index (κ2) is 12.0. The number of rotatable bonds is 10. The summed E-state index contributed by atoms with van der Waals surface area (Å²) in [4.78, 5) is 37.6. The molecular weight excluding hydrogens is 386 g/mol. The van der Waals surface area contributed by atoms with Crippen LogP contribution in [0.4, 0.5) is 0 Å². The molecule has 156 valence electrons. The minimum absolute atomic E-state index is 0.0643. The molecule has 9 nitrogen and oxygen atoms in total. The zero-order chi connectivity index (χ0) is 21.8. The fourth-order valence-corrected chi connectivity index (χ4v) is 2.85. The monoisotopic (exact) mass is 409 g/mol. The summed E-state index contributed by atoms with van der Waals surface area (Å²) in [7, 11) is 0. The predicted molar refractivity (Wildman–Crippen MR) is 107 cm³/mol. The summed E-state index contributed by atoms with van der Waals surface area (Å²) in [6, 6.07) is 13.4. The van der Waals surface area contributed by atoms with Gasteiger partial charge in [-0.15, -0.1) is 0 Å². The molecule has 1 aliphatic heterocycles. The molecule has 1 aromatic rings. The Kier molecular flexibility index (Phi) is 9.01. The van der Waals surface area contributed by atoms with Crippen LogP contribution in [0.25, 0.3) is 0 Å². The van der Waals surface area contributed by atoms with Gasteiger partial charge in [-0.2, -0.15) is 15.6 Å². The number of esters is 1. The molecule has 0 aliphatic carbocycles. The van der Waals surface area contributed by atoms with Crippen molar-refractivity contribution in [3.05, 3.63) is 35.9 Å². The van der Waals surface area contributed by atoms with Gasteiger partial charge in [0.2, 0.25) is 5.91 Å². The minimum atomic E-state index is -0.663. The summed E-state index contributed by atoms with van der Waals surface area (Å²) in [6.45, 7) is 0.320. The highest BCUT2D eigenvalue weighted by Crippen LogP contribution is 2.15. The van der Waals surface area contributed by atoms with Gasteiger partial charge < -0.3 is 9.64 Å². The number of nitrogens with zero attached hydrogens (tertiary/aromatic N) is 5. The quantitative estimate of drug-likeness (QED) is 0.540. The molecule has 0 saturated heterocycles. The van der Waals surface area contributed by atoms with E-state index >= 15 is 0 Å². The van der Waals surface area contributed by atoms with Crippen LogP contribution < -0.4 is 0 Å². The number of hydrogen-bond donors (Lipinski definition) is 0. The van der Waals surface area contributed by atoms with E-state index in [0.717, 1.165) is 11.3 Å². The van der Waals surface area contributed by atoms with E-state index in [0.29, 0.717) is 13.0 Å². The van der Waals surface area contributed by atoms with Gasteiger partial charge in [0.1, 0.15) is 0 Å². The van der Waals surface area contributed by atoms with Crippen molar-refractivity contribution < 1.29 is 19.1 Å². The molecule has 0 atom stereocenters. The number of carbonyl (C=O) groups excluding carboxylic acids is 3. The van der Waals surface area contributed by atoms with Crippen molar-refractivity contribution in [1.29, 1.82) is 10.5 Å². The number of carbonyl (C=O) groups is 3. The van der Waals surface area contributed by atoms with Crippen molar-refractivity contribution in [3.63, 3.8) is 0 Å². The number of ether oxygens (including phenoxy) is 1. The Bertz CT molecular complexity index is 852. The third-order valence-electron chi connectivity index (χ3n) is 4.44. The van der Waals surface area contributed by atoms with E-state index in [9.17, 15) is 14.4 Å². The van der Waals surface area contributed by atoms with E-state index < -0.39 is 18.5 Å². The number of hydrazone groups is 1. The van der Waals surface area contributed by atoms with Gasteiger partial charge in [-0.1, -0.05) is 30.3 Å². The average molecular weight is 409 g/mol. The van der Waals surface area contributed by atoms with Crippen LogP contribution >= 0.6 is 0 Å². The fraction of sp³-hybridized carbons (Fsp3) is 0.429. The van der Waals surface area contributed by atoms with Crippen LogP contribution in [-0.2, 0) is 19.1 Å². The number of benzene rings is 1. The van der Waals surface area contributed by atoms with Crippen LogP contribution in [0.15, 0.2) is 35.4 Å². The van der Waals surface area contributed by atoms with Gasteiger partial charge in [-0.05, 0) is 5.56 Å². The highest BCUT2D eigenvalue weighted by atomic mass is 16.5. The molecule has 0 spiro atoms. The number of nitriles is 2. The maximum atomic E-state index is 12.3. The van der Waals surface area contributed by atoms with E-state index in [1.54, 1.807) is 0 Å². The van der Waals surface area contributed by atoms with E-state index in [4.69, 9.17) is 15.3 Å². The topological polar surface area (TPSA) is 127 Å². The Balaban J connectivity index is 1.75. The molecule has 0 radical (unpaired) electrons. The molecule has 0 bridgehead atoms. The van der Waals surface area contributed by atoms with Gasteiger partial charge in [0.05, 0.1) is 43.7 Å². The lowest BCUT2D eigenvalue weighted by atomic mass is 10.1. The summed E-state index contributed by atoms with van der Waals surface area (Å²) < 4.78 is 4.95. The van der Waals surface area contributed by atoms with Crippen molar-refractivity contribution in [2.75, 3.05) is 26.2 Å². The Morgan fingerprint density at radius 2 is 1.73 bits per heavy atom. The third-order valence-corrected chi connectivity index (χ3v) is 4.44. The minimum Gasteiger partial charge on any atom is -0.456 e. The predicted octanol–water partition coefficient (Wildman–Crippen LogP) is 1.60. The Morgan fingerprint density at radius 1 is 1.07 bits per heavy atom. The highest BCUT2D eigenvalue weighted by molar-refractivity contribution is 6.02. The molecule has 1 aliphatic rings. The lowest BCUT2D eigenvalue weighted by molar-refractivity contribution is -0.153. The summed E-state index contributed by atoms with van der Waals surface area (Å²) in [6.07, 6.45) is 0.679. The van der Waals surface area contributed by atoms with Crippen molar-refractivity contribution in [2.24, 2.45) is 5.10 Å². The van der Waals surface area contributed by atoms with Crippen LogP contribution in [0.5, 0.6) is 0 Å². The number of amides is 2. The molecule has 0 unspecified atom stereocenters. The normalized spacial score (nSPS) is 12.5. The Morgan fingerprint density at radius 3 is 2.37 bits per heavy atom. The van der Waals surface area contributed by atoms with Crippen molar-refractivity contribution >= 4 is 23.5 Å². The maximum Gasteiger partial charge on any atom is 0.306 e. The lowest BCUT2D eigenvalue weighted by Crippen LogP contribution is -2.36. The second-order valence-corrected chi connectivity index (χ2v) is 6.54. The van der Waals surface area contributed by atoms with Gasteiger partial charge in [0.25, 0.3) is 5.91 Å². The number of hydrogen-bond acceptors (Lipinski definition) is 7. The Labute approximate surface area is 175 Å². The standard InChI is InChI=1S/C21H23N5O4/c22-11-4-13-25(14-5-12-23)20(28)16-30-21(29)9-8-19(27)26-15-10-18(24-26)17-6-2-1-3-7-17/h1-3,6-7H,4-5,8-10,13-16H2. The summed E-state index contributed by atoms with van der Waals surface area (Å²) >= 11 is 0. The van der Waals surface area contributed by atoms with Crippen molar-refractivity contribution in [3.8, 4) is 12.1 Å². The molecule has 0 saturated carbocycles. The van der Waals surface area contributed by atoms with Crippen LogP contribution in [0.1, 0.15) is 37.7 Å². The SMILES string of the molecule is N#CCCN(CCC#N)C(=O)COC(=O)CCC(=O)N1CCC(c2ccccc2)=N1. The average Bonchev–Trinajstić information content (AvgIpc) is 3.27. The fourth-order valence-electron chi connectivity index (χ4n) is 2.85. The molecule has 1 heterocycles. The lowest BCUT2D eigenvalue weighted by Gasteiger charge is -2.20. The van der Waals surface area contributed by atoms with Crippen LogP contribution in [-0.4, -0.2) is 59.6 Å². The molecular formula is C21H23N5O4. The molecule has 2 amide bonds.